The minimum Gasteiger partial charge on any atom is -0.481 e. The predicted molar refractivity (Wildman–Crippen MR) is 74.0 cm³/mol. The molecule has 1 aromatic heterocycles. The van der Waals surface area contributed by atoms with E-state index in [1.54, 1.807) is 0 Å². The van der Waals surface area contributed by atoms with Crippen LogP contribution in [0.5, 0.6) is 0 Å². The molecule has 2 aromatic rings. The van der Waals surface area contributed by atoms with Crippen molar-refractivity contribution in [2.45, 2.75) is 26.3 Å². The Morgan fingerprint density at radius 2 is 2.26 bits per heavy atom. The number of nitrogens with one attached hydrogen (secondary N) is 2. The summed E-state index contributed by atoms with van der Waals surface area (Å²) in [4.78, 5) is 18.4. The van der Waals surface area contributed by atoms with Gasteiger partial charge in [-0.3, -0.25) is 4.79 Å². The molecule has 102 valence electrons. The maximum absolute atomic E-state index is 10.8. The Bertz CT molecular complexity index is 591. The van der Waals surface area contributed by atoms with Crippen LogP contribution in [0.3, 0.4) is 0 Å². The summed E-state index contributed by atoms with van der Waals surface area (Å²) in [5.74, 6) is 0.127. The summed E-state index contributed by atoms with van der Waals surface area (Å²) in [6.07, 6.45) is 0.144. The lowest BCUT2D eigenvalue weighted by Crippen LogP contribution is -2.25. The number of carboxylic acids is 1. The highest BCUT2D eigenvalue weighted by molar-refractivity contribution is 5.76. The number of carbonyl (C=O) groups is 1. The Morgan fingerprint density at radius 3 is 2.89 bits per heavy atom. The van der Waals surface area contributed by atoms with Crippen molar-refractivity contribution in [2.24, 2.45) is 5.92 Å². The number of nitrogens with zero attached hydrogens (tertiary/aromatic N) is 1. The van der Waals surface area contributed by atoms with Crippen molar-refractivity contribution in [3.63, 3.8) is 0 Å². The van der Waals surface area contributed by atoms with Gasteiger partial charge in [0.25, 0.3) is 0 Å². The molecular weight excluding hydrogens is 242 g/mol. The molecule has 0 fully saturated rings. The Hall–Kier alpha value is -1.88. The van der Waals surface area contributed by atoms with Gasteiger partial charge in [-0.15, -0.1) is 0 Å². The highest BCUT2D eigenvalue weighted by atomic mass is 16.4. The lowest BCUT2D eigenvalue weighted by atomic mass is 9.92. The molecule has 0 aliphatic heterocycles. The standard InChI is InChI=1S/C14H19N3O2/c1-8(6-13(18)19)14(15-3)10-4-5-11-12(7-10)17-9(2)16-11/h4-5,7-8,14-15H,6H2,1-3H3,(H,16,17)(H,18,19). The van der Waals surface area contributed by atoms with Gasteiger partial charge in [0.05, 0.1) is 11.0 Å². The van der Waals surface area contributed by atoms with E-state index in [0.717, 1.165) is 22.4 Å². The number of rotatable bonds is 5. The first-order chi connectivity index (χ1) is 9.01. The first-order valence-electron chi connectivity index (χ1n) is 6.36. The number of aromatic nitrogens is 2. The van der Waals surface area contributed by atoms with Gasteiger partial charge < -0.3 is 15.4 Å². The van der Waals surface area contributed by atoms with Gasteiger partial charge in [0.2, 0.25) is 0 Å². The van der Waals surface area contributed by atoms with Crippen LogP contribution in [-0.2, 0) is 4.79 Å². The fourth-order valence-electron chi connectivity index (χ4n) is 2.52. The zero-order chi connectivity index (χ0) is 14.0. The van der Waals surface area contributed by atoms with Crippen molar-refractivity contribution < 1.29 is 9.90 Å². The van der Waals surface area contributed by atoms with Crippen LogP contribution in [-0.4, -0.2) is 28.1 Å². The molecule has 0 aliphatic carbocycles. The number of H-pyrrole nitrogens is 1. The summed E-state index contributed by atoms with van der Waals surface area (Å²) in [6.45, 7) is 3.86. The molecule has 1 aromatic carbocycles. The van der Waals surface area contributed by atoms with Crippen molar-refractivity contribution in [2.75, 3.05) is 7.05 Å². The SMILES string of the molecule is CNC(c1ccc2nc(C)[nH]c2c1)C(C)CC(=O)O. The lowest BCUT2D eigenvalue weighted by Gasteiger charge is -2.22. The van der Waals surface area contributed by atoms with Gasteiger partial charge in [0, 0.05) is 12.5 Å². The quantitative estimate of drug-likeness (QED) is 0.771. The first kappa shape index (κ1) is 13.5. The van der Waals surface area contributed by atoms with Crippen LogP contribution in [0.4, 0.5) is 0 Å². The van der Waals surface area contributed by atoms with Crippen LogP contribution >= 0.6 is 0 Å². The van der Waals surface area contributed by atoms with Gasteiger partial charge in [0.15, 0.2) is 0 Å². The summed E-state index contributed by atoms with van der Waals surface area (Å²) >= 11 is 0. The number of aryl methyl sites for hydroxylation is 1. The molecule has 0 bridgehead atoms. The number of hydrogen-bond donors (Lipinski definition) is 3. The molecule has 0 amide bonds. The zero-order valence-electron chi connectivity index (χ0n) is 11.4. The fourth-order valence-corrected chi connectivity index (χ4v) is 2.52. The van der Waals surface area contributed by atoms with E-state index in [9.17, 15) is 4.79 Å². The number of benzene rings is 1. The largest absolute Gasteiger partial charge is 0.481 e. The smallest absolute Gasteiger partial charge is 0.303 e. The van der Waals surface area contributed by atoms with Gasteiger partial charge in [-0.1, -0.05) is 13.0 Å². The second-order valence-electron chi connectivity index (χ2n) is 4.94. The van der Waals surface area contributed by atoms with Crippen LogP contribution in [0.2, 0.25) is 0 Å². The molecule has 0 saturated carbocycles. The lowest BCUT2D eigenvalue weighted by molar-refractivity contribution is -0.138. The Labute approximate surface area is 112 Å². The number of hydrogen-bond acceptors (Lipinski definition) is 3. The maximum atomic E-state index is 10.8. The van der Waals surface area contributed by atoms with Crippen LogP contribution in [0.15, 0.2) is 18.2 Å². The van der Waals surface area contributed by atoms with Crippen LogP contribution < -0.4 is 5.32 Å². The fraction of sp³-hybridized carbons (Fsp3) is 0.429. The maximum Gasteiger partial charge on any atom is 0.303 e. The number of carboxylic acid groups (broad SMARTS) is 1. The molecular formula is C14H19N3O2. The van der Waals surface area contributed by atoms with Gasteiger partial charge >= 0.3 is 5.97 Å². The number of imidazole rings is 1. The summed E-state index contributed by atoms with van der Waals surface area (Å²) in [7, 11) is 1.85. The van der Waals surface area contributed by atoms with E-state index in [0.29, 0.717) is 0 Å². The van der Waals surface area contributed by atoms with E-state index in [4.69, 9.17) is 5.11 Å². The molecule has 5 heteroatoms. The van der Waals surface area contributed by atoms with Crippen LogP contribution in [0.25, 0.3) is 11.0 Å². The third-order valence-electron chi connectivity index (χ3n) is 3.36. The predicted octanol–water partition coefficient (Wildman–Crippen LogP) is 2.24. The van der Waals surface area contributed by atoms with Gasteiger partial charge in [-0.05, 0) is 37.6 Å². The highest BCUT2D eigenvalue weighted by Gasteiger charge is 2.20. The third-order valence-corrected chi connectivity index (χ3v) is 3.36. The molecule has 19 heavy (non-hydrogen) atoms. The first-order valence-corrected chi connectivity index (χ1v) is 6.36. The van der Waals surface area contributed by atoms with Gasteiger partial charge in [0.1, 0.15) is 5.82 Å². The normalized spacial score (nSPS) is 14.5. The zero-order valence-corrected chi connectivity index (χ0v) is 11.4. The molecule has 2 unspecified atom stereocenters. The second-order valence-corrected chi connectivity index (χ2v) is 4.94. The van der Waals surface area contributed by atoms with Crippen molar-refractivity contribution in [1.82, 2.24) is 15.3 Å². The second kappa shape index (κ2) is 5.40. The molecule has 5 nitrogen and oxygen atoms in total. The average Bonchev–Trinajstić information content (AvgIpc) is 2.68. The summed E-state index contributed by atoms with van der Waals surface area (Å²) in [5, 5.41) is 12.1. The van der Waals surface area contributed by atoms with Gasteiger partial charge in [-0.25, -0.2) is 4.98 Å². The monoisotopic (exact) mass is 261 g/mol. The van der Waals surface area contributed by atoms with E-state index in [-0.39, 0.29) is 18.4 Å². The van der Waals surface area contributed by atoms with Crippen LogP contribution in [0.1, 0.15) is 30.8 Å². The molecule has 0 radical (unpaired) electrons. The van der Waals surface area contributed by atoms with Crippen molar-refractivity contribution in [3.05, 3.63) is 29.6 Å². The highest BCUT2D eigenvalue weighted by Crippen LogP contribution is 2.26. The number of aromatic amines is 1. The summed E-state index contributed by atoms with van der Waals surface area (Å²) < 4.78 is 0. The van der Waals surface area contributed by atoms with Crippen molar-refractivity contribution >= 4 is 17.0 Å². The van der Waals surface area contributed by atoms with Crippen molar-refractivity contribution in [3.8, 4) is 0 Å². The topological polar surface area (TPSA) is 78.0 Å². The minimum atomic E-state index is -0.772. The van der Waals surface area contributed by atoms with E-state index in [1.165, 1.54) is 0 Å². The Balaban J connectivity index is 2.31. The number of aliphatic carboxylic acids is 1. The molecule has 0 saturated heterocycles. The molecule has 0 aliphatic rings. The summed E-state index contributed by atoms with van der Waals surface area (Å²) in [5.41, 5.74) is 2.99. The number of fused-ring (bicyclic) bond motifs is 1. The molecule has 0 spiro atoms. The molecule has 2 rings (SSSR count). The Morgan fingerprint density at radius 1 is 1.53 bits per heavy atom. The summed E-state index contributed by atoms with van der Waals surface area (Å²) in [6, 6.07) is 6.02. The van der Waals surface area contributed by atoms with Crippen LogP contribution in [0, 0.1) is 12.8 Å². The molecule has 1 heterocycles. The molecule has 3 N–H and O–H groups in total. The van der Waals surface area contributed by atoms with Gasteiger partial charge in [-0.2, -0.15) is 0 Å². The van der Waals surface area contributed by atoms with Crippen molar-refractivity contribution in [1.29, 1.82) is 0 Å². The van der Waals surface area contributed by atoms with E-state index >= 15 is 0 Å². The van der Waals surface area contributed by atoms with E-state index < -0.39 is 5.97 Å². The third kappa shape index (κ3) is 2.93. The van der Waals surface area contributed by atoms with E-state index in [1.807, 2.05) is 39.1 Å². The van der Waals surface area contributed by atoms with E-state index in [2.05, 4.69) is 15.3 Å². The average molecular weight is 261 g/mol. The minimum absolute atomic E-state index is 0.0176. The molecule has 2 atom stereocenters. The Kier molecular flexibility index (Phi) is 3.85.